The van der Waals surface area contributed by atoms with Gasteiger partial charge < -0.3 is 0 Å². The first kappa shape index (κ1) is 6.72. The molecule has 44 valence electrons. The van der Waals surface area contributed by atoms with Gasteiger partial charge in [-0.25, -0.2) is 17.5 Å². The fourth-order valence-corrected chi connectivity index (χ4v) is 0.0667. The van der Waals surface area contributed by atoms with Crippen LogP contribution in [0, 0.1) is 0 Å². The Hall–Kier alpha value is -0.280. The molecule has 0 aliphatic carbocycles. The molecule has 0 aromatic rings. The minimum Gasteiger partial charge on any atom is -0.255 e. The van der Waals surface area contributed by atoms with Crippen molar-refractivity contribution < 1.29 is 0 Å². The van der Waals surface area contributed by atoms with Crippen molar-refractivity contribution >= 4 is 0 Å². The molecule has 0 unspecified atom stereocenters. The standard InChI is InChI=1S/H9N7/c1-5-7(4)6(2)3/h5H,1-4H2. The largest absolute Gasteiger partial charge is 0.255 e. The summed E-state index contributed by atoms with van der Waals surface area (Å²) in [6, 6.07) is 0. The fraction of sp³-hybridized carbons (Fsp3) is 0. The Morgan fingerprint density at radius 1 is 1.14 bits per heavy atom. The summed E-state index contributed by atoms with van der Waals surface area (Å²) in [5.41, 5.74) is 1.95. The topological polar surface area (TPSA) is 123 Å². The van der Waals surface area contributed by atoms with Gasteiger partial charge in [0.05, 0.1) is 0 Å². The van der Waals surface area contributed by atoms with Crippen molar-refractivity contribution in [2.24, 2.45) is 23.4 Å². The average Bonchev–Trinajstić information content (AvgIpc) is 1.65. The molecule has 0 heterocycles. The van der Waals surface area contributed by atoms with Gasteiger partial charge in [-0.3, -0.25) is 5.84 Å². The second-order valence-electron chi connectivity index (χ2n) is 0.854. The summed E-state index contributed by atoms with van der Waals surface area (Å²) in [6.45, 7) is 0. The van der Waals surface area contributed by atoms with E-state index in [2.05, 4.69) is 0 Å². The van der Waals surface area contributed by atoms with Crippen LogP contribution in [0.1, 0.15) is 0 Å². The summed E-state index contributed by atoms with van der Waals surface area (Å²) in [7, 11) is 0. The van der Waals surface area contributed by atoms with E-state index in [0.29, 0.717) is 10.5 Å². The number of rotatable bonds is 2. The third-order valence-corrected chi connectivity index (χ3v) is 0.381. The third kappa shape index (κ3) is 2.42. The first-order chi connectivity index (χ1) is 3.18. The lowest BCUT2D eigenvalue weighted by Gasteiger charge is -2.18. The van der Waals surface area contributed by atoms with Crippen LogP contribution < -0.4 is 28.9 Å². The van der Waals surface area contributed by atoms with Gasteiger partial charge in [0.2, 0.25) is 0 Å². The van der Waals surface area contributed by atoms with E-state index < -0.39 is 0 Å². The molecule has 0 rings (SSSR count). The maximum absolute atomic E-state index is 4.89. The molecule has 0 aliphatic heterocycles. The second kappa shape index (κ2) is 2.82. The quantitative estimate of drug-likeness (QED) is 0.183. The summed E-state index contributed by atoms with van der Waals surface area (Å²) in [6.07, 6.45) is 0. The van der Waals surface area contributed by atoms with Gasteiger partial charge in [0.25, 0.3) is 0 Å². The number of nitrogens with two attached hydrogens (primary N) is 4. The van der Waals surface area contributed by atoms with Crippen LogP contribution in [-0.2, 0) is 0 Å². The highest BCUT2D eigenvalue weighted by Crippen LogP contribution is 1.54. The Labute approximate surface area is 40.6 Å². The van der Waals surface area contributed by atoms with Gasteiger partial charge >= 0.3 is 0 Å². The SMILES string of the molecule is NNN(N)N(N)N. The van der Waals surface area contributed by atoms with Gasteiger partial charge in [-0.2, -0.15) is 5.53 Å². The molecular weight excluding hydrogens is 98.0 g/mol. The van der Waals surface area contributed by atoms with Crippen molar-refractivity contribution in [1.82, 2.24) is 16.0 Å². The van der Waals surface area contributed by atoms with Crippen LogP contribution in [0.15, 0.2) is 0 Å². The number of hydrogen-bond acceptors (Lipinski definition) is 7. The summed E-state index contributed by atoms with van der Waals surface area (Å²) in [5.74, 6) is 19.2. The predicted octanol–water partition coefficient (Wildman–Crippen LogP) is -3.50. The summed E-state index contributed by atoms with van der Waals surface area (Å²) in [5, 5.41) is 1.31. The molecule has 0 radical (unpaired) electrons. The van der Waals surface area contributed by atoms with Crippen molar-refractivity contribution in [3.63, 3.8) is 0 Å². The summed E-state index contributed by atoms with van der Waals surface area (Å²) >= 11 is 0. The van der Waals surface area contributed by atoms with Crippen molar-refractivity contribution in [2.45, 2.75) is 0 Å². The predicted molar refractivity (Wildman–Crippen MR) is 23.6 cm³/mol. The molecule has 0 aromatic heterocycles. The Bertz CT molecular complexity index is 37.3. The van der Waals surface area contributed by atoms with E-state index in [9.17, 15) is 0 Å². The normalized spacial score (nSPS) is 11.1. The monoisotopic (exact) mass is 107 g/mol. The zero-order chi connectivity index (χ0) is 5.86. The van der Waals surface area contributed by atoms with Crippen LogP contribution in [0.2, 0.25) is 0 Å². The number of nitrogens with one attached hydrogen (secondary N) is 1. The van der Waals surface area contributed by atoms with Crippen molar-refractivity contribution in [3.05, 3.63) is 0 Å². The first-order valence-corrected chi connectivity index (χ1v) is 1.49. The Balaban J connectivity index is 3.14. The van der Waals surface area contributed by atoms with Gasteiger partial charge in [-0.1, -0.05) is 10.5 Å². The van der Waals surface area contributed by atoms with Crippen LogP contribution in [0.25, 0.3) is 0 Å². The molecule has 9 N–H and O–H groups in total. The van der Waals surface area contributed by atoms with Crippen molar-refractivity contribution in [2.75, 3.05) is 0 Å². The highest BCUT2D eigenvalue weighted by atomic mass is 16.1. The first-order valence-electron chi connectivity index (χ1n) is 1.49. The molecule has 0 saturated heterocycles. The molecule has 0 spiro atoms. The minimum atomic E-state index is 0.597. The zero-order valence-electron chi connectivity index (χ0n) is 3.70. The van der Waals surface area contributed by atoms with E-state index in [1.807, 2.05) is 5.53 Å². The maximum atomic E-state index is 4.89. The lowest BCUT2D eigenvalue weighted by Crippen LogP contribution is -2.63. The van der Waals surface area contributed by atoms with Crippen molar-refractivity contribution in [3.8, 4) is 0 Å². The number of hydrazine groups is 6. The van der Waals surface area contributed by atoms with E-state index >= 15 is 0 Å². The number of hydrogen-bond donors (Lipinski definition) is 5. The van der Waals surface area contributed by atoms with E-state index in [1.165, 1.54) is 0 Å². The van der Waals surface area contributed by atoms with E-state index in [1.54, 1.807) is 0 Å². The Kier molecular flexibility index (Phi) is 2.71. The van der Waals surface area contributed by atoms with Gasteiger partial charge in [0.15, 0.2) is 0 Å². The van der Waals surface area contributed by atoms with E-state index in [0.717, 1.165) is 0 Å². The molecule has 7 heteroatoms. The smallest absolute Gasteiger partial charge is 0.0694 e. The molecule has 0 atom stereocenters. The van der Waals surface area contributed by atoms with Crippen LogP contribution in [0.3, 0.4) is 0 Å². The molecule has 7 nitrogen and oxygen atoms in total. The van der Waals surface area contributed by atoms with Crippen LogP contribution >= 0.6 is 0 Å². The zero-order valence-corrected chi connectivity index (χ0v) is 3.70. The van der Waals surface area contributed by atoms with Crippen LogP contribution in [0.4, 0.5) is 0 Å². The molecule has 0 aliphatic rings. The highest BCUT2D eigenvalue weighted by Gasteiger charge is 1.93. The van der Waals surface area contributed by atoms with Gasteiger partial charge in [0.1, 0.15) is 0 Å². The summed E-state index contributed by atoms with van der Waals surface area (Å²) in [4.78, 5) is 0. The second-order valence-corrected chi connectivity index (χ2v) is 0.854. The molecule has 0 aromatic carbocycles. The highest BCUT2D eigenvalue weighted by molar-refractivity contribution is 4.06. The van der Waals surface area contributed by atoms with Gasteiger partial charge in [-0.05, 0) is 0 Å². The fourth-order valence-electron chi connectivity index (χ4n) is 0.0667. The molecule has 0 fully saturated rings. The van der Waals surface area contributed by atoms with Crippen LogP contribution in [-0.4, -0.2) is 10.5 Å². The van der Waals surface area contributed by atoms with Crippen molar-refractivity contribution in [1.29, 1.82) is 0 Å². The molecule has 0 bridgehead atoms. The molecule has 0 saturated carbocycles. The Morgan fingerprint density at radius 2 is 1.57 bits per heavy atom. The molecule has 7 heavy (non-hydrogen) atoms. The third-order valence-electron chi connectivity index (χ3n) is 0.381. The molecular formula is H9N7. The lowest BCUT2D eigenvalue weighted by atomic mass is 12.0. The Morgan fingerprint density at radius 3 is 1.57 bits per heavy atom. The van der Waals surface area contributed by atoms with E-state index in [-0.39, 0.29) is 0 Å². The molecule has 0 amide bonds. The average molecular weight is 107 g/mol. The minimum absolute atomic E-state index is 0.597. The summed E-state index contributed by atoms with van der Waals surface area (Å²) < 4.78 is 0. The van der Waals surface area contributed by atoms with E-state index in [4.69, 9.17) is 23.4 Å². The van der Waals surface area contributed by atoms with Gasteiger partial charge in [-0.15, -0.1) is 0 Å². The van der Waals surface area contributed by atoms with Crippen LogP contribution in [0.5, 0.6) is 0 Å². The maximum Gasteiger partial charge on any atom is -0.0694 e. The van der Waals surface area contributed by atoms with Gasteiger partial charge in [0, 0.05) is 0 Å². The number of nitrogens with zero attached hydrogens (tertiary/aromatic N) is 2. The lowest BCUT2D eigenvalue weighted by molar-refractivity contribution is -0.0770.